The zero-order chi connectivity index (χ0) is 21.0. The monoisotopic (exact) mass is 465 g/mol. The number of carbonyl (C=O) groups excluding carboxylic acids is 1. The van der Waals surface area contributed by atoms with Crippen LogP contribution < -0.4 is 5.43 Å². The maximum Gasteiger partial charge on any atom is 0.250 e. The van der Waals surface area contributed by atoms with Crippen molar-refractivity contribution in [2.24, 2.45) is 5.10 Å². The van der Waals surface area contributed by atoms with E-state index in [-0.39, 0.29) is 11.7 Å². The number of aryl methyl sites for hydroxylation is 1. The first-order valence-corrected chi connectivity index (χ1v) is 10.8. The van der Waals surface area contributed by atoms with Gasteiger partial charge in [-0.25, -0.2) is 5.43 Å². The summed E-state index contributed by atoms with van der Waals surface area (Å²) < 4.78 is 2.06. The molecule has 3 aromatic rings. The summed E-state index contributed by atoms with van der Waals surface area (Å²) in [4.78, 5) is 13.0. The van der Waals surface area contributed by atoms with Crippen LogP contribution in [0.15, 0.2) is 58.5 Å². The Morgan fingerprint density at radius 2 is 1.79 bits per heavy atom. The Morgan fingerprint density at radius 3 is 2.48 bits per heavy atom. The lowest BCUT2D eigenvalue weighted by Crippen LogP contribution is -2.19. The van der Waals surface area contributed by atoms with Crippen molar-refractivity contribution >= 4 is 58.7 Å². The van der Waals surface area contributed by atoms with E-state index in [1.165, 1.54) is 11.8 Å². The number of thioether (sulfide) groups is 1. The molecular formula is C21H18Cl3N3OS. The predicted octanol–water partition coefficient (Wildman–Crippen LogP) is 6.30. The second-order valence-electron chi connectivity index (χ2n) is 6.30. The van der Waals surface area contributed by atoms with Gasteiger partial charge in [-0.15, -0.1) is 11.8 Å². The number of amides is 1. The third-order valence-corrected chi connectivity index (χ3v) is 6.21. The van der Waals surface area contributed by atoms with E-state index < -0.39 is 0 Å². The standard InChI is InChI=1S/C21H18Cl3N3OS/c1-13-9-15(14(2)27(13)17-5-8-19(23)20(24)10-17)11-25-26-21(28)12-29-18-6-3-16(22)4-7-18/h3-11H,12H2,1-2H3,(H,26,28). The third-order valence-electron chi connectivity index (χ3n) is 4.21. The number of hydrogen-bond donors (Lipinski definition) is 1. The normalized spacial score (nSPS) is 11.2. The van der Waals surface area contributed by atoms with Crippen LogP contribution in [0.2, 0.25) is 15.1 Å². The van der Waals surface area contributed by atoms with Crippen molar-refractivity contribution in [2.75, 3.05) is 5.75 Å². The predicted molar refractivity (Wildman–Crippen MR) is 123 cm³/mol. The van der Waals surface area contributed by atoms with Crippen molar-refractivity contribution in [2.45, 2.75) is 18.7 Å². The fourth-order valence-corrected chi connectivity index (χ4v) is 3.93. The molecule has 0 saturated heterocycles. The molecular weight excluding hydrogens is 449 g/mol. The van der Waals surface area contributed by atoms with Crippen LogP contribution in [0.5, 0.6) is 0 Å². The summed E-state index contributed by atoms with van der Waals surface area (Å²) in [5, 5.41) is 5.77. The summed E-state index contributed by atoms with van der Waals surface area (Å²) in [6.45, 7) is 3.98. The van der Waals surface area contributed by atoms with Gasteiger partial charge in [0, 0.05) is 32.6 Å². The molecule has 0 atom stereocenters. The first-order chi connectivity index (χ1) is 13.8. The zero-order valence-electron chi connectivity index (χ0n) is 15.7. The van der Waals surface area contributed by atoms with Crippen LogP contribution in [0.25, 0.3) is 5.69 Å². The summed E-state index contributed by atoms with van der Waals surface area (Å²) in [5.41, 5.74) is 6.38. The van der Waals surface area contributed by atoms with Gasteiger partial charge in [-0.05, 0) is 62.4 Å². The Kier molecular flexibility index (Phi) is 7.30. The number of nitrogens with one attached hydrogen (secondary N) is 1. The second-order valence-corrected chi connectivity index (χ2v) is 8.60. The van der Waals surface area contributed by atoms with Gasteiger partial charge < -0.3 is 4.57 Å². The summed E-state index contributed by atoms with van der Waals surface area (Å²) in [6.07, 6.45) is 1.64. The minimum atomic E-state index is -0.181. The van der Waals surface area contributed by atoms with Gasteiger partial charge >= 0.3 is 0 Å². The molecule has 0 aliphatic rings. The lowest BCUT2D eigenvalue weighted by atomic mass is 10.2. The lowest BCUT2D eigenvalue weighted by Gasteiger charge is -2.10. The highest BCUT2D eigenvalue weighted by Gasteiger charge is 2.11. The molecule has 4 nitrogen and oxygen atoms in total. The van der Waals surface area contributed by atoms with Gasteiger partial charge in [-0.2, -0.15) is 5.10 Å². The van der Waals surface area contributed by atoms with Gasteiger partial charge in [0.25, 0.3) is 0 Å². The van der Waals surface area contributed by atoms with Crippen molar-refractivity contribution in [1.82, 2.24) is 9.99 Å². The maximum absolute atomic E-state index is 12.0. The quantitative estimate of drug-likeness (QED) is 0.263. The molecule has 0 spiro atoms. The molecule has 3 rings (SSSR count). The van der Waals surface area contributed by atoms with Crippen LogP contribution in [-0.2, 0) is 4.79 Å². The average molecular weight is 467 g/mol. The Hall–Kier alpha value is -1.92. The minimum absolute atomic E-state index is 0.181. The number of hydrazone groups is 1. The van der Waals surface area contributed by atoms with E-state index >= 15 is 0 Å². The smallest absolute Gasteiger partial charge is 0.250 e. The number of rotatable bonds is 6. The van der Waals surface area contributed by atoms with Crippen LogP contribution in [0, 0.1) is 13.8 Å². The van der Waals surface area contributed by atoms with E-state index in [0.717, 1.165) is 27.5 Å². The van der Waals surface area contributed by atoms with Crippen molar-refractivity contribution in [3.8, 4) is 5.69 Å². The Bertz CT molecular complexity index is 1060. The molecule has 2 aromatic carbocycles. The Balaban J connectivity index is 1.64. The number of halogens is 3. The van der Waals surface area contributed by atoms with Crippen molar-refractivity contribution in [3.05, 3.63) is 80.6 Å². The zero-order valence-corrected chi connectivity index (χ0v) is 18.8. The van der Waals surface area contributed by atoms with Crippen molar-refractivity contribution in [1.29, 1.82) is 0 Å². The number of aromatic nitrogens is 1. The van der Waals surface area contributed by atoms with Crippen LogP contribution in [0.3, 0.4) is 0 Å². The first kappa shape index (κ1) is 21.8. The number of hydrogen-bond acceptors (Lipinski definition) is 3. The molecule has 0 fully saturated rings. The minimum Gasteiger partial charge on any atom is -0.318 e. The molecule has 8 heteroatoms. The third kappa shape index (κ3) is 5.58. The molecule has 0 saturated carbocycles. The van der Waals surface area contributed by atoms with Crippen LogP contribution >= 0.6 is 46.6 Å². The molecule has 1 amide bonds. The largest absolute Gasteiger partial charge is 0.318 e. The topological polar surface area (TPSA) is 46.4 Å². The van der Waals surface area contributed by atoms with Gasteiger partial charge in [0.05, 0.1) is 22.0 Å². The molecule has 1 N–H and O–H groups in total. The van der Waals surface area contributed by atoms with Crippen molar-refractivity contribution < 1.29 is 4.79 Å². The highest BCUT2D eigenvalue weighted by atomic mass is 35.5. The maximum atomic E-state index is 12.0. The fraction of sp³-hybridized carbons (Fsp3) is 0.143. The SMILES string of the molecule is Cc1cc(C=NNC(=O)CSc2ccc(Cl)cc2)c(C)n1-c1ccc(Cl)c(Cl)c1. The highest BCUT2D eigenvalue weighted by Crippen LogP contribution is 2.27. The van der Waals surface area contributed by atoms with E-state index in [1.807, 2.05) is 44.2 Å². The van der Waals surface area contributed by atoms with E-state index in [4.69, 9.17) is 34.8 Å². The summed E-state index contributed by atoms with van der Waals surface area (Å²) >= 11 is 19.4. The van der Waals surface area contributed by atoms with Gasteiger partial charge in [0.2, 0.25) is 5.91 Å². The van der Waals surface area contributed by atoms with E-state index in [0.29, 0.717) is 15.1 Å². The molecule has 1 heterocycles. The molecule has 0 bridgehead atoms. The van der Waals surface area contributed by atoms with E-state index in [2.05, 4.69) is 15.1 Å². The summed E-state index contributed by atoms with van der Waals surface area (Å²) in [5.74, 6) is 0.0841. The van der Waals surface area contributed by atoms with Gasteiger partial charge in [-0.1, -0.05) is 34.8 Å². The molecule has 0 aliphatic carbocycles. The number of carbonyl (C=O) groups is 1. The molecule has 29 heavy (non-hydrogen) atoms. The Labute approximate surface area is 188 Å². The van der Waals surface area contributed by atoms with Crippen molar-refractivity contribution in [3.63, 3.8) is 0 Å². The van der Waals surface area contributed by atoms with Gasteiger partial charge in [0.1, 0.15) is 0 Å². The fourth-order valence-electron chi connectivity index (χ4n) is 2.83. The van der Waals surface area contributed by atoms with E-state index in [1.54, 1.807) is 24.4 Å². The molecule has 150 valence electrons. The van der Waals surface area contributed by atoms with E-state index in [9.17, 15) is 4.79 Å². The number of benzene rings is 2. The molecule has 0 aliphatic heterocycles. The lowest BCUT2D eigenvalue weighted by molar-refractivity contribution is -0.118. The molecule has 1 aromatic heterocycles. The average Bonchev–Trinajstić information content (AvgIpc) is 2.97. The first-order valence-electron chi connectivity index (χ1n) is 8.70. The molecule has 0 unspecified atom stereocenters. The van der Waals surface area contributed by atoms with Crippen LogP contribution in [0.1, 0.15) is 17.0 Å². The number of nitrogens with zero attached hydrogens (tertiary/aromatic N) is 2. The summed E-state index contributed by atoms with van der Waals surface area (Å²) in [7, 11) is 0. The highest BCUT2D eigenvalue weighted by molar-refractivity contribution is 8.00. The van der Waals surface area contributed by atoms with Gasteiger partial charge in [-0.3, -0.25) is 4.79 Å². The molecule has 0 radical (unpaired) electrons. The second kappa shape index (κ2) is 9.72. The van der Waals surface area contributed by atoms with Crippen LogP contribution in [0.4, 0.5) is 0 Å². The van der Waals surface area contributed by atoms with Gasteiger partial charge in [0.15, 0.2) is 0 Å². The van der Waals surface area contributed by atoms with Crippen LogP contribution in [-0.4, -0.2) is 22.4 Å². The summed E-state index contributed by atoms with van der Waals surface area (Å²) in [6, 6.07) is 14.8. The Morgan fingerprint density at radius 1 is 1.07 bits per heavy atom.